The molecule has 5 nitrogen and oxygen atoms in total. The van der Waals surface area contributed by atoms with Gasteiger partial charge in [-0.1, -0.05) is 10.3 Å². The molecule has 0 N–H and O–H groups in total. The van der Waals surface area contributed by atoms with Crippen LogP contribution < -0.4 is 5.11 Å². The molecule has 1 aromatic rings. The summed E-state index contributed by atoms with van der Waals surface area (Å²) in [5.74, 6) is -1.18. The zero-order valence-corrected chi connectivity index (χ0v) is 5.33. The average Bonchev–Trinajstić information content (AvgIpc) is 2.15. The van der Waals surface area contributed by atoms with E-state index < -0.39 is 5.97 Å². The number of carboxylic acid groups (broad SMARTS) is 1. The molecule has 0 aromatic carbocycles. The monoisotopic (exact) mass is 141 g/mol. The normalized spacial score (nSPS) is 9.70. The van der Waals surface area contributed by atoms with E-state index in [0.29, 0.717) is 11.4 Å². The Bertz CT molecular complexity index is 243. The standard InChI is InChI=1S/C5H6N2O3/c1-3-4(2-5(8)9)7-10-6-3/h2H2,1H3,(H,8,9)/p-1. The third-order valence-electron chi connectivity index (χ3n) is 1.06. The van der Waals surface area contributed by atoms with Crippen LogP contribution >= 0.6 is 0 Å². The van der Waals surface area contributed by atoms with Crippen molar-refractivity contribution in [3.05, 3.63) is 11.4 Å². The highest BCUT2D eigenvalue weighted by molar-refractivity contribution is 5.67. The molecule has 1 heterocycles. The second kappa shape index (κ2) is 2.47. The van der Waals surface area contributed by atoms with Gasteiger partial charge in [-0.3, -0.25) is 0 Å². The number of aliphatic carboxylic acids is 1. The Morgan fingerprint density at radius 2 is 2.40 bits per heavy atom. The Labute approximate surface area is 56.6 Å². The molecular weight excluding hydrogens is 136 g/mol. The Morgan fingerprint density at radius 3 is 2.80 bits per heavy atom. The molecule has 54 valence electrons. The van der Waals surface area contributed by atoms with Gasteiger partial charge in [-0.05, 0) is 6.92 Å². The lowest BCUT2D eigenvalue weighted by Gasteiger charge is -1.94. The summed E-state index contributed by atoms with van der Waals surface area (Å²) in [6, 6.07) is 0. The van der Waals surface area contributed by atoms with Crippen molar-refractivity contribution in [3.8, 4) is 0 Å². The van der Waals surface area contributed by atoms with Gasteiger partial charge < -0.3 is 9.90 Å². The number of carboxylic acids is 1. The predicted molar refractivity (Wildman–Crippen MR) is 27.7 cm³/mol. The van der Waals surface area contributed by atoms with Crippen LogP contribution in [-0.4, -0.2) is 16.3 Å². The van der Waals surface area contributed by atoms with Crippen molar-refractivity contribution in [1.29, 1.82) is 0 Å². The number of carbonyl (C=O) groups excluding carboxylic acids is 1. The van der Waals surface area contributed by atoms with Gasteiger partial charge in [-0.15, -0.1) is 0 Å². The first-order valence-corrected chi connectivity index (χ1v) is 2.68. The van der Waals surface area contributed by atoms with Crippen LogP contribution in [0.25, 0.3) is 0 Å². The lowest BCUT2D eigenvalue weighted by molar-refractivity contribution is -0.304. The number of nitrogens with zero attached hydrogens (tertiary/aromatic N) is 2. The Morgan fingerprint density at radius 1 is 1.70 bits per heavy atom. The molecule has 5 heteroatoms. The van der Waals surface area contributed by atoms with Crippen LogP contribution in [0.3, 0.4) is 0 Å². The Kier molecular flexibility index (Phi) is 1.66. The van der Waals surface area contributed by atoms with Crippen molar-refractivity contribution in [2.45, 2.75) is 13.3 Å². The maximum absolute atomic E-state index is 10.00. The van der Waals surface area contributed by atoms with E-state index in [1.807, 2.05) is 0 Å². The Balaban J connectivity index is 2.74. The minimum absolute atomic E-state index is 0.241. The molecule has 0 unspecified atom stereocenters. The molecule has 0 bridgehead atoms. The summed E-state index contributed by atoms with van der Waals surface area (Å²) < 4.78 is 4.26. The summed E-state index contributed by atoms with van der Waals surface area (Å²) in [6.45, 7) is 1.62. The van der Waals surface area contributed by atoms with E-state index in [-0.39, 0.29) is 6.42 Å². The molecule has 0 aliphatic heterocycles. The van der Waals surface area contributed by atoms with Crippen molar-refractivity contribution in [2.24, 2.45) is 0 Å². The van der Waals surface area contributed by atoms with Crippen LogP contribution in [0.2, 0.25) is 0 Å². The van der Waals surface area contributed by atoms with Gasteiger partial charge in [0, 0.05) is 12.4 Å². The molecule has 0 spiro atoms. The van der Waals surface area contributed by atoms with E-state index in [9.17, 15) is 9.90 Å². The van der Waals surface area contributed by atoms with Crippen LogP contribution in [0, 0.1) is 6.92 Å². The Hall–Kier alpha value is -1.39. The van der Waals surface area contributed by atoms with E-state index in [4.69, 9.17) is 0 Å². The zero-order chi connectivity index (χ0) is 7.56. The van der Waals surface area contributed by atoms with E-state index in [1.54, 1.807) is 6.92 Å². The fraction of sp³-hybridized carbons (Fsp3) is 0.400. The largest absolute Gasteiger partial charge is 0.550 e. The fourth-order valence-corrected chi connectivity index (χ4v) is 0.547. The fourth-order valence-electron chi connectivity index (χ4n) is 0.547. The lowest BCUT2D eigenvalue weighted by atomic mass is 10.3. The van der Waals surface area contributed by atoms with Gasteiger partial charge in [0.25, 0.3) is 0 Å². The minimum Gasteiger partial charge on any atom is -0.550 e. The number of rotatable bonds is 2. The SMILES string of the molecule is Cc1nonc1CC(=O)[O-]. The topological polar surface area (TPSA) is 79.0 Å². The van der Waals surface area contributed by atoms with Crippen molar-refractivity contribution >= 4 is 5.97 Å². The summed E-state index contributed by atoms with van der Waals surface area (Å²) in [7, 11) is 0. The highest BCUT2D eigenvalue weighted by Gasteiger charge is 2.03. The summed E-state index contributed by atoms with van der Waals surface area (Å²) in [6.07, 6.45) is -0.241. The molecule has 0 atom stereocenters. The number of hydrogen-bond acceptors (Lipinski definition) is 5. The number of aryl methyl sites for hydroxylation is 1. The number of aromatic nitrogens is 2. The first-order valence-electron chi connectivity index (χ1n) is 2.68. The van der Waals surface area contributed by atoms with E-state index in [0.717, 1.165) is 0 Å². The predicted octanol–water partition coefficient (Wildman–Crippen LogP) is -1.33. The molecular formula is C5H5N2O3-. The molecule has 1 rings (SSSR count). The second-order valence-electron chi connectivity index (χ2n) is 1.85. The molecule has 0 saturated carbocycles. The van der Waals surface area contributed by atoms with Crippen LogP contribution in [0.5, 0.6) is 0 Å². The van der Waals surface area contributed by atoms with Crippen molar-refractivity contribution in [1.82, 2.24) is 10.3 Å². The third-order valence-corrected chi connectivity index (χ3v) is 1.06. The molecule has 10 heavy (non-hydrogen) atoms. The van der Waals surface area contributed by atoms with E-state index >= 15 is 0 Å². The van der Waals surface area contributed by atoms with Gasteiger partial charge in [-0.25, -0.2) is 4.63 Å². The first kappa shape index (κ1) is 6.73. The molecule has 0 radical (unpaired) electrons. The molecule has 1 aromatic heterocycles. The van der Waals surface area contributed by atoms with Gasteiger partial charge in [0.05, 0.1) is 0 Å². The van der Waals surface area contributed by atoms with E-state index in [1.165, 1.54) is 0 Å². The summed E-state index contributed by atoms with van der Waals surface area (Å²) in [5.41, 5.74) is 0.809. The van der Waals surface area contributed by atoms with Crippen molar-refractivity contribution in [3.63, 3.8) is 0 Å². The maximum atomic E-state index is 10.00. The summed E-state index contributed by atoms with van der Waals surface area (Å²) in [5, 5.41) is 16.7. The molecule has 0 aliphatic rings. The van der Waals surface area contributed by atoms with Crippen molar-refractivity contribution < 1.29 is 14.5 Å². The highest BCUT2D eigenvalue weighted by atomic mass is 16.6. The van der Waals surface area contributed by atoms with Gasteiger partial charge in [0.15, 0.2) is 0 Å². The summed E-state index contributed by atoms with van der Waals surface area (Å²) in [4.78, 5) is 10.00. The van der Waals surface area contributed by atoms with Crippen LogP contribution in [0.1, 0.15) is 11.4 Å². The van der Waals surface area contributed by atoms with Gasteiger partial charge >= 0.3 is 0 Å². The van der Waals surface area contributed by atoms with Crippen LogP contribution in [0.4, 0.5) is 0 Å². The molecule has 0 amide bonds. The van der Waals surface area contributed by atoms with Gasteiger partial charge in [0.2, 0.25) is 0 Å². The van der Waals surface area contributed by atoms with Gasteiger partial charge in [-0.2, -0.15) is 0 Å². The maximum Gasteiger partial charge on any atom is 0.113 e. The minimum atomic E-state index is -1.18. The quantitative estimate of drug-likeness (QED) is 0.509. The average molecular weight is 141 g/mol. The summed E-state index contributed by atoms with van der Waals surface area (Å²) >= 11 is 0. The molecule has 0 saturated heterocycles. The second-order valence-corrected chi connectivity index (χ2v) is 1.85. The highest BCUT2D eigenvalue weighted by Crippen LogP contribution is 1.99. The van der Waals surface area contributed by atoms with Gasteiger partial charge in [0.1, 0.15) is 11.4 Å². The van der Waals surface area contributed by atoms with Crippen LogP contribution in [-0.2, 0) is 11.2 Å². The number of hydrogen-bond donors (Lipinski definition) is 0. The smallest absolute Gasteiger partial charge is 0.113 e. The zero-order valence-electron chi connectivity index (χ0n) is 5.33. The van der Waals surface area contributed by atoms with Crippen molar-refractivity contribution in [2.75, 3.05) is 0 Å². The molecule has 0 fully saturated rings. The lowest BCUT2D eigenvalue weighted by Crippen LogP contribution is -2.24. The number of carbonyl (C=O) groups is 1. The third kappa shape index (κ3) is 1.31. The van der Waals surface area contributed by atoms with Crippen LogP contribution in [0.15, 0.2) is 4.63 Å². The van der Waals surface area contributed by atoms with E-state index in [2.05, 4.69) is 14.9 Å². The first-order chi connectivity index (χ1) is 4.70. The molecule has 0 aliphatic carbocycles.